The van der Waals surface area contributed by atoms with Gasteiger partial charge < -0.3 is 16.8 Å². The Labute approximate surface area is 92.3 Å². The number of halogens is 1. The zero-order chi connectivity index (χ0) is 11.3. The van der Waals surface area contributed by atoms with Gasteiger partial charge in [-0.2, -0.15) is 15.2 Å². The van der Waals surface area contributed by atoms with Crippen molar-refractivity contribution in [3.63, 3.8) is 0 Å². The Morgan fingerprint density at radius 3 is 2.80 bits per heavy atom. The number of nitrogens with zero attached hydrogens (tertiary/aromatic N) is 3. The summed E-state index contributed by atoms with van der Waals surface area (Å²) in [6.45, 7) is 0.588. The Bertz CT molecular complexity index is 385. The van der Waals surface area contributed by atoms with E-state index in [1.165, 1.54) is 0 Å². The highest BCUT2D eigenvalue weighted by molar-refractivity contribution is 6.32. The molecule has 0 saturated heterocycles. The minimum absolute atomic E-state index is 0.0667. The van der Waals surface area contributed by atoms with Gasteiger partial charge in [-0.3, -0.25) is 0 Å². The summed E-state index contributed by atoms with van der Waals surface area (Å²) in [5, 5.41) is 11.4. The molecule has 0 fully saturated rings. The van der Waals surface area contributed by atoms with E-state index in [-0.39, 0.29) is 16.8 Å². The molecule has 0 aromatic carbocycles. The fraction of sp³-hybridized carbons (Fsp3) is 0.375. The van der Waals surface area contributed by atoms with Crippen LogP contribution in [0.15, 0.2) is 0 Å². The van der Waals surface area contributed by atoms with Crippen molar-refractivity contribution in [2.45, 2.75) is 12.8 Å². The molecule has 1 aromatic rings. The van der Waals surface area contributed by atoms with Crippen LogP contribution < -0.4 is 16.8 Å². The molecule has 15 heavy (non-hydrogen) atoms. The fourth-order valence-electron chi connectivity index (χ4n) is 0.967. The van der Waals surface area contributed by atoms with E-state index in [1.54, 1.807) is 0 Å². The minimum Gasteiger partial charge on any atom is -0.393 e. The first kappa shape index (κ1) is 11.3. The number of hydrogen-bond acceptors (Lipinski definition) is 6. The summed E-state index contributed by atoms with van der Waals surface area (Å²) in [6, 6.07) is 2.04. The highest BCUT2D eigenvalue weighted by Gasteiger charge is 2.07. The molecule has 1 rings (SSSR count). The Hall–Kier alpha value is -1.74. The molecule has 6 nitrogen and oxygen atoms in total. The Morgan fingerprint density at radius 1 is 1.40 bits per heavy atom. The van der Waals surface area contributed by atoms with E-state index in [0.29, 0.717) is 25.2 Å². The topological polar surface area (TPSA) is 114 Å². The van der Waals surface area contributed by atoms with Crippen molar-refractivity contribution < 1.29 is 0 Å². The second-order valence-corrected chi connectivity index (χ2v) is 3.18. The van der Waals surface area contributed by atoms with Crippen LogP contribution in [-0.4, -0.2) is 16.5 Å². The molecular formula is C8H11ClN6. The lowest BCUT2D eigenvalue weighted by Crippen LogP contribution is -2.09. The molecule has 5 N–H and O–H groups in total. The van der Waals surface area contributed by atoms with E-state index in [4.69, 9.17) is 28.3 Å². The van der Waals surface area contributed by atoms with Gasteiger partial charge in [0.15, 0.2) is 11.0 Å². The van der Waals surface area contributed by atoms with Gasteiger partial charge in [0.05, 0.1) is 6.07 Å². The maximum atomic E-state index is 8.34. The van der Waals surface area contributed by atoms with Crippen LogP contribution in [0.3, 0.4) is 0 Å². The lowest BCUT2D eigenvalue weighted by atomic mass is 10.3. The van der Waals surface area contributed by atoms with E-state index < -0.39 is 0 Å². The molecule has 0 bridgehead atoms. The lowest BCUT2D eigenvalue weighted by molar-refractivity contribution is 0.892. The zero-order valence-electron chi connectivity index (χ0n) is 8.00. The van der Waals surface area contributed by atoms with Crippen LogP contribution in [0.5, 0.6) is 0 Å². The number of nitriles is 1. The number of hydrogen-bond donors (Lipinski definition) is 3. The van der Waals surface area contributed by atoms with E-state index >= 15 is 0 Å². The Morgan fingerprint density at radius 2 is 2.13 bits per heavy atom. The minimum atomic E-state index is 0.0667. The van der Waals surface area contributed by atoms with Crippen molar-refractivity contribution in [1.82, 2.24) is 9.97 Å². The van der Waals surface area contributed by atoms with Crippen LogP contribution in [0, 0.1) is 11.3 Å². The predicted octanol–water partition coefficient (Wildman–Crippen LogP) is 1.01. The van der Waals surface area contributed by atoms with Crippen LogP contribution in [0.1, 0.15) is 12.8 Å². The summed E-state index contributed by atoms with van der Waals surface area (Å²) in [4.78, 5) is 7.59. The van der Waals surface area contributed by atoms with Gasteiger partial charge in [-0.1, -0.05) is 11.6 Å². The molecule has 0 amide bonds. The molecule has 0 spiro atoms. The summed E-state index contributed by atoms with van der Waals surface area (Å²) in [5.74, 6) is 0.474. The number of rotatable bonds is 4. The number of aromatic nitrogens is 2. The summed E-state index contributed by atoms with van der Waals surface area (Å²) >= 11 is 5.71. The molecule has 0 radical (unpaired) electrons. The van der Waals surface area contributed by atoms with Crippen molar-refractivity contribution in [3.8, 4) is 6.07 Å². The average Bonchev–Trinajstić information content (AvgIpc) is 2.19. The maximum Gasteiger partial charge on any atom is 0.223 e. The average molecular weight is 227 g/mol. The number of anilines is 3. The van der Waals surface area contributed by atoms with Gasteiger partial charge in [0.2, 0.25) is 5.95 Å². The molecular weight excluding hydrogens is 216 g/mol. The van der Waals surface area contributed by atoms with Gasteiger partial charge >= 0.3 is 0 Å². The highest BCUT2D eigenvalue weighted by Crippen LogP contribution is 2.24. The Balaban J connectivity index is 2.65. The maximum absolute atomic E-state index is 8.34. The molecule has 0 aliphatic carbocycles. The first-order chi connectivity index (χ1) is 7.15. The first-order valence-electron chi connectivity index (χ1n) is 4.34. The number of nitrogen functional groups attached to an aromatic ring is 2. The largest absolute Gasteiger partial charge is 0.393 e. The molecule has 0 saturated carbocycles. The van der Waals surface area contributed by atoms with E-state index in [2.05, 4.69) is 15.3 Å². The molecule has 7 heteroatoms. The third kappa shape index (κ3) is 3.14. The van der Waals surface area contributed by atoms with Crippen molar-refractivity contribution in [1.29, 1.82) is 5.26 Å². The van der Waals surface area contributed by atoms with Crippen LogP contribution >= 0.6 is 11.6 Å². The van der Waals surface area contributed by atoms with Crippen molar-refractivity contribution in [3.05, 3.63) is 5.15 Å². The third-order valence-electron chi connectivity index (χ3n) is 1.67. The molecule has 0 aliphatic heterocycles. The molecule has 0 atom stereocenters. The number of nitrogens with two attached hydrogens (primary N) is 2. The van der Waals surface area contributed by atoms with Gasteiger partial charge in [0.25, 0.3) is 0 Å². The third-order valence-corrected chi connectivity index (χ3v) is 1.96. The lowest BCUT2D eigenvalue weighted by Gasteiger charge is -2.08. The molecule has 1 aromatic heterocycles. The quantitative estimate of drug-likeness (QED) is 0.522. The second-order valence-electron chi connectivity index (χ2n) is 2.82. The second kappa shape index (κ2) is 5.22. The van der Waals surface area contributed by atoms with Crippen LogP contribution in [0.4, 0.5) is 17.5 Å². The molecule has 80 valence electrons. The van der Waals surface area contributed by atoms with E-state index in [9.17, 15) is 0 Å². The van der Waals surface area contributed by atoms with Crippen LogP contribution in [-0.2, 0) is 0 Å². The summed E-state index contributed by atoms with van der Waals surface area (Å²) < 4.78 is 0. The Kier molecular flexibility index (Phi) is 3.94. The summed E-state index contributed by atoms with van der Waals surface area (Å²) in [6.07, 6.45) is 1.18. The summed E-state index contributed by atoms with van der Waals surface area (Å²) in [5.41, 5.74) is 11.3. The van der Waals surface area contributed by atoms with Crippen molar-refractivity contribution in [2.75, 3.05) is 23.3 Å². The molecule has 0 aliphatic rings. The fourth-order valence-corrected chi connectivity index (χ4v) is 1.14. The van der Waals surface area contributed by atoms with Gasteiger partial charge in [0.1, 0.15) is 5.69 Å². The standard InChI is InChI=1S/C8H11ClN6/c9-6-5(11)7(15-8(12)14-6)13-4-2-1-3-10/h1-2,4,11H2,(H3,12,13,14,15). The van der Waals surface area contributed by atoms with Crippen LogP contribution in [0.25, 0.3) is 0 Å². The van der Waals surface area contributed by atoms with Gasteiger partial charge in [-0.25, -0.2) is 0 Å². The smallest absolute Gasteiger partial charge is 0.223 e. The highest BCUT2D eigenvalue weighted by atomic mass is 35.5. The van der Waals surface area contributed by atoms with Crippen LogP contribution in [0.2, 0.25) is 5.15 Å². The summed E-state index contributed by atoms with van der Waals surface area (Å²) in [7, 11) is 0. The van der Waals surface area contributed by atoms with Crippen molar-refractivity contribution >= 4 is 29.1 Å². The zero-order valence-corrected chi connectivity index (χ0v) is 8.75. The van der Waals surface area contributed by atoms with Gasteiger partial charge in [-0.15, -0.1) is 0 Å². The SMILES string of the molecule is N#CCCCNc1nc(N)nc(Cl)c1N. The predicted molar refractivity (Wildman–Crippen MR) is 59.2 cm³/mol. The van der Waals surface area contributed by atoms with Crippen molar-refractivity contribution in [2.24, 2.45) is 0 Å². The van der Waals surface area contributed by atoms with E-state index in [1.807, 2.05) is 6.07 Å². The molecule has 1 heterocycles. The number of nitrogens with one attached hydrogen (secondary N) is 1. The van der Waals surface area contributed by atoms with Gasteiger partial charge in [0, 0.05) is 13.0 Å². The normalized spacial score (nSPS) is 9.60. The molecule has 0 unspecified atom stereocenters. The first-order valence-corrected chi connectivity index (χ1v) is 4.72. The monoisotopic (exact) mass is 226 g/mol. The number of unbranched alkanes of at least 4 members (excludes halogenated alkanes) is 1. The van der Waals surface area contributed by atoms with E-state index in [0.717, 1.165) is 0 Å². The van der Waals surface area contributed by atoms with Gasteiger partial charge in [-0.05, 0) is 6.42 Å².